The van der Waals surface area contributed by atoms with E-state index in [0.717, 1.165) is 32.0 Å². The number of rotatable bonds is 6. The fourth-order valence-corrected chi connectivity index (χ4v) is 2.00. The molecule has 19 heavy (non-hydrogen) atoms. The van der Waals surface area contributed by atoms with Crippen LogP contribution in [0.1, 0.15) is 40.2 Å². The molecular weight excluding hydrogens is 234 g/mol. The molecule has 0 fully saturated rings. The summed E-state index contributed by atoms with van der Waals surface area (Å²) in [6.07, 6.45) is 2.00. The predicted octanol–water partition coefficient (Wildman–Crippen LogP) is 3.16. The predicted molar refractivity (Wildman–Crippen MR) is 84.0 cm³/mol. The number of hydrogen-bond donors (Lipinski definition) is 0. The SMILES string of the molecule is CCN(CC)CCN(C)c1ccc(C(C)(C)C)cn1. The van der Waals surface area contributed by atoms with E-state index in [1.54, 1.807) is 0 Å². The highest BCUT2D eigenvalue weighted by Gasteiger charge is 2.14. The first-order valence-electron chi connectivity index (χ1n) is 7.28. The Morgan fingerprint density at radius 3 is 2.11 bits per heavy atom. The maximum Gasteiger partial charge on any atom is 0.128 e. The molecule has 0 bridgehead atoms. The van der Waals surface area contributed by atoms with Crippen LogP contribution in [0.15, 0.2) is 18.3 Å². The van der Waals surface area contributed by atoms with Crippen molar-refractivity contribution in [2.24, 2.45) is 0 Å². The van der Waals surface area contributed by atoms with Crippen molar-refractivity contribution in [2.75, 3.05) is 38.1 Å². The fourth-order valence-electron chi connectivity index (χ4n) is 2.00. The molecule has 0 unspecified atom stereocenters. The minimum absolute atomic E-state index is 0.172. The quantitative estimate of drug-likeness (QED) is 0.786. The second-order valence-electron chi connectivity index (χ2n) is 6.10. The minimum atomic E-state index is 0.172. The summed E-state index contributed by atoms with van der Waals surface area (Å²) in [4.78, 5) is 9.24. The van der Waals surface area contributed by atoms with Gasteiger partial charge in [-0.2, -0.15) is 0 Å². The van der Waals surface area contributed by atoms with Crippen LogP contribution < -0.4 is 4.90 Å². The van der Waals surface area contributed by atoms with Gasteiger partial charge in [-0.05, 0) is 30.1 Å². The van der Waals surface area contributed by atoms with E-state index >= 15 is 0 Å². The summed E-state index contributed by atoms with van der Waals surface area (Å²) in [5.41, 5.74) is 1.46. The number of nitrogens with zero attached hydrogens (tertiary/aromatic N) is 3. The van der Waals surface area contributed by atoms with E-state index in [9.17, 15) is 0 Å². The molecular formula is C16H29N3. The van der Waals surface area contributed by atoms with Gasteiger partial charge in [-0.25, -0.2) is 4.98 Å². The molecule has 0 amide bonds. The molecule has 0 saturated carbocycles. The highest BCUT2D eigenvalue weighted by molar-refractivity contribution is 5.39. The third-order valence-electron chi connectivity index (χ3n) is 3.65. The molecule has 108 valence electrons. The Labute approximate surface area is 118 Å². The zero-order chi connectivity index (χ0) is 14.5. The number of hydrogen-bond acceptors (Lipinski definition) is 3. The van der Waals surface area contributed by atoms with Crippen LogP contribution in [0.4, 0.5) is 5.82 Å². The zero-order valence-corrected chi connectivity index (χ0v) is 13.4. The summed E-state index contributed by atoms with van der Waals surface area (Å²) in [7, 11) is 2.11. The molecule has 1 rings (SSSR count). The van der Waals surface area contributed by atoms with Crippen LogP contribution in [0.2, 0.25) is 0 Å². The van der Waals surface area contributed by atoms with E-state index in [1.807, 2.05) is 6.20 Å². The van der Waals surface area contributed by atoms with Crippen LogP contribution in [0.25, 0.3) is 0 Å². The second kappa shape index (κ2) is 6.90. The van der Waals surface area contributed by atoms with Crippen molar-refractivity contribution in [1.82, 2.24) is 9.88 Å². The van der Waals surface area contributed by atoms with Crippen LogP contribution in [-0.4, -0.2) is 43.1 Å². The van der Waals surface area contributed by atoms with Crippen molar-refractivity contribution in [3.8, 4) is 0 Å². The second-order valence-corrected chi connectivity index (χ2v) is 6.10. The monoisotopic (exact) mass is 263 g/mol. The van der Waals surface area contributed by atoms with Gasteiger partial charge in [-0.1, -0.05) is 40.7 Å². The van der Waals surface area contributed by atoms with Gasteiger partial charge in [-0.3, -0.25) is 0 Å². The van der Waals surface area contributed by atoms with Crippen LogP contribution in [0.5, 0.6) is 0 Å². The molecule has 1 heterocycles. The lowest BCUT2D eigenvalue weighted by atomic mass is 9.88. The minimum Gasteiger partial charge on any atom is -0.358 e. The lowest BCUT2D eigenvalue weighted by molar-refractivity contribution is 0.311. The van der Waals surface area contributed by atoms with E-state index in [1.165, 1.54) is 5.56 Å². The maximum atomic E-state index is 4.58. The van der Waals surface area contributed by atoms with Gasteiger partial charge in [0.15, 0.2) is 0 Å². The number of pyridine rings is 1. The van der Waals surface area contributed by atoms with E-state index in [-0.39, 0.29) is 5.41 Å². The molecule has 1 aromatic rings. The molecule has 0 saturated heterocycles. The van der Waals surface area contributed by atoms with Crippen molar-refractivity contribution in [2.45, 2.75) is 40.0 Å². The first-order chi connectivity index (χ1) is 8.88. The molecule has 0 aliphatic carbocycles. The lowest BCUT2D eigenvalue weighted by Crippen LogP contribution is -2.33. The van der Waals surface area contributed by atoms with Gasteiger partial charge in [0.1, 0.15) is 5.82 Å². The number of anilines is 1. The first kappa shape index (κ1) is 16.0. The molecule has 0 N–H and O–H groups in total. The van der Waals surface area contributed by atoms with E-state index in [4.69, 9.17) is 0 Å². The van der Waals surface area contributed by atoms with Crippen molar-refractivity contribution < 1.29 is 0 Å². The number of aromatic nitrogens is 1. The summed E-state index contributed by atoms with van der Waals surface area (Å²) >= 11 is 0. The van der Waals surface area contributed by atoms with Crippen molar-refractivity contribution in [3.63, 3.8) is 0 Å². The lowest BCUT2D eigenvalue weighted by Gasteiger charge is -2.25. The van der Waals surface area contributed by atoms with E-state index in [0.29, 0.717) is 0 Å². The standard InChI is InChI=1S/C16H29N3/c1-7-19(8-2)12-11-18(6)15-10-9-14(13-17-15)16(3,4)5/h9-10,13H,7-8,11-12H2,1-6H3. The van der Waals surface area contributed by atoms with Gasteiger partial charge in [-0.15, -0.1) is 0 Å². The Hall–Kier alpha value is -1.09. The molecule has 0 atom stereocenters. The highest BCUT2D eigenvalue weighted by Crippen LogP contribution is 2.22. The summed E-state index contributed by atoms with van der Waals surface area (Å²) < 4.78 is 0. The fraction of sp³-hybridized carbons (Fsp3) is 0.688. The van der Waals surface area contributed by atoms with Crippen molar-refractivity contribution in [1.29, 1.82) is 0 Å². The van der Waals surface area contributed by atoms with Crippen LogP contribution in [0, 0.1) is 0 Å². The van der Waals surface area contributed by atoms with Gasteiger partial charge in [0.25, 0.3) is 0 Å². The Bertz CT molecular complexity index is 361. The average molecular weight is 263 g/mol. The van der Waals surface area contributed by atoms with E-state index in [2.05, 4.69) is 68.6 Å². The molecule has 0 spiro atoms. The number of likely N-dealkylation sites (N-methyl/N-ethyl adjacent to an activating group) is 2. The molecule has 0 aliphatic heterocycles. The largest absolute Gasteiger partial charge is 0.358 e. The normalized spacial score (nSPS) is 11.9. The summed E-state index contributed by atoms with van der Waals surface area (Å²) in [5, 5.41) is 0. The zero-order valence-electron chi connectivity index (χ0n) is 13.4. The van der Waals surface area contributed by atoms with Gasteiger partial charge in [0.2, 0.25) is 0 Å². The molecule has 1 aromatic heterocycles. The smallest absolute Gasteiger partial charge is 0.128 e. The van der Waals surface area contributed by atoms with Crippen molar-refractivity contribution >= 4 is 5.82 Å². The average Bonchev–Trinajstić information content (AvgIpc) is 2.39. The Balaban J connectivity index is 2.60. The van der Waals surface area contributed by atoms with Crippen LogP contribution >= 0.6 is 0 Å². The Kier molecular flexibility index (Phi) is 5.80. The maximum absolute atomic E-state index is 4.58. The van der Waals surface area contributed by atoms with Gasteiger partial charge in [0, 0.05) is 26.3 Å². The van der Waals surface area contributed by atoms with E-state index < -0.39 is 0 Å². The van der Waals surface area contributed by atoms with Crippen LogP contribution in [-0.2, 0) is 5.41 Å². The molecule has 0 radical (unpaired) electrons. The Morgan fingerprint density at radius 2 is 1.68 bits per heavy atom. The summed E-state index contributed by atoms with van der Waals surface area (Å²) in [6, 6.07) is 4.32. The summed E-state index contributed by atoms with van der Waals surface area (Å²) in [6.45, 7) is 15.4. The third kappa shape index (κ3) is 4.83. The molecule has 0 aromatic carbocycles. The van der Waals surface area contributed by atoms with Gasteiger partial charge in [0.05, 0.1) is 0 Å². The van der Waals surface area contributed by atoms with Crippen LogP contribution in [0.3, 0.4) is 0 Å². The topological polar surface area (TPSA) is 19.4 Å². The van der Waals surface area contributed by atoms with Gasteiger partial charge >= 0.3 is 0 Å². The Morgan fingerprint density at radius 1 is 1.05 bits per heavy atom. The first-order valence-corrected chi connectivity index (χ1v) is 7.28. The summed E-state index contributed by atoms with van der Waals surface area (Å²) in [5.74, 6) is 1.06. The van der Waals surface area contributed by atoms with Gasteiger partial charge < -0.3 is 9.80 Å². The van der Waals surface area contributed by atoms with Crippen molar-refractivity contribution in [3.05, 3.63) is 23.9 Å². The molecule has 3 heteroatoms. The highest BCUT2D eigenvalue weighted by atomic mass is 15.2. The molecule has 3 nitrogen and oxygen atoms in total. The third-order valence-corrected chi connectivity index (χ3v) is 3.65. The molecule has 0 aliphatic rings.